The second kappa shape index (κ2) is 6.09. The van der Waals surface area contributed by atoms with Crippen LogP contribution in [0.2, 0.25) is 0 Å². The normalized spacial score (nSPS) is 24.1. The second-order valence-electron chi connectivity index (χ2n) is 6.79. The number of aliphatic hydroxyl groups is 1. The molecule has 1 aromatic carbocycles. The Morgan fingerprint density at radius 1 is 1.21 bits per heavy atom. The lowest BCUT2D eigenvalue weighted by atomic mass is 9.93. The molecular weight excluding hydrogens is 308 g/mol. The van der Waals surface area contributed by atoms with Crippen molar-refractivity contribution >= 4 is 16.9 Å². The fourth-order valence-electron chi connectivity index (χ4n) is 3.31. The number of hydrogen-bond acceptors (Lipinski definition) is 5. The average molecular weight is 330 g/mol. The van der Waals surface area contributed by atoms with Crippen molar-refractivity contribution in [2.75, 3.05) is 7.11 Å². The Kier molecular flexibility index (Phi) is 3.92. The standard InChI is InChI=1S/C18H22N2O4/c1-23-18(22)15-8-11-10-20(12-2-4-13(21)5-3-12)19-16(11)9-17(15)24-14-6-7-14/h8-10,12-14,21H,2-7H2,1H3/t12-,13-. The Balaban J connectivity index is 1.68. The number of benzene rings is 1. The molecule has 0 radical (unpaired) electrons. The number of carbonyl (C=O) groups excluding carboxylic acids is 1. The lowest BCUT2D eigenvalue weighted by molar-refractivity contribution is 0.0596. The summed E-state index contributed by atoms with van der Waals surface area (Å²) < 4.78 is 12.7. The van der Waals surface area contributed by atoms with Crippen LogP contribution in [0.5, 0.6) is 5.75 Å². The first kappa shape index (κ1) is 15.4. The molecule has 0 bridgehead atoms. The van der Waals surface area contributed by atoms with E-state index < -0.39 is 0 Å². The molecule has 4 rings (SSSR count). The zero-order chi connectivity index (χ0) is 16.7. The largest absolute Gasteiger partial charge is 0.489 e. The van der Waals surface area contributed by atoms with E-state index in [2.05, 4.69) is 5.10 Å². The van der Waals surface area contributed by atoms with Gasteiger partial charge in [0.05, 0.1) is 30.9 Å². The number of ether oxygens (including phenoxy) is 2. The minimum Gasteiger partial charge on any atom is -0.489 e. The highest BCUT2D eigenvalue weighted by Crippen LogP contribution is 2.34. The summed E-state index contributed by atoms with van der Waals surface area (Å²) in [4.78, 5) is 12.1. The summed E-state index contributed by atoms with van der Waals surface area (Å²) in [6, 6.07) is 3.95. The fraction of sp³-hybridized carbons (Fsp3) is 0.556. The molecule has 2 saturated carbocycles. The van der Waals surface area contributed by atoms with Crippen molar-refractivity contribution in [1.29, 1.82) is 0 Å². The summed E-state index contributed by atoms with van der Waals surface area (Å²) in [5.41, 5.74) is 1.28. The molecule has 0 aliphatic heterocycles. The van der Waals surface area contributed by atoms with Crippen molar-refractivity contribution < 1.29 is 19.4 Å². The first-order valence-corrected chi connectivity index (χ1v) is 8.60. The van der Waals surface area contributed by atoms with E-state index in [-0.39, 0.29) is 18.2 Å². The van der Waals surface area contributed by atoms with Crippen molar-refractivity contribution in [1.82, 2.24) is 9.78 Å². The first-order chi connectivity index (χ1) is 11.6. The SMILES string of the molecule is COC(=O)c1cc2cn([C@H]3CC[C@H](O)CC3)nc2cc1OC1CC1. The monoisotopic (exact) mass is 330 g/mol. The number of esters is 1. The maximum absolute atomic E-state index is 12.1. The molecule has 0 spiro atoms. The van der Waals surface area contributed by atoms with Gasteiger partial charge in [-0.3, -0.25) is 4.68 Å². The number of methoxy groups -OCH3 is 1. The van der Waals surface area contributed by atoms with Gasteiger partial charge in [-0.1, -0.05) is 0 Å². The zero-order valence-corrected chi connectivity index (χ0v) is 13.8. The van der Waals surface area contributed by atoms with E-state index in [1.54, 1.807) is 6.07 Å². The van der Waals surface area contributed by atoms with Gasteiger partial charge in [-0.05, 0) is 44.6 Å². The number of nitrogens with zero attached hydrogens (tertiary/aromatic N) is 2. The molecule has 2 aliphatic carbocycles. The van der Waals surface area contributed by atoms with Crippen LogP contribution >= 0.6 is 0 Å². The van der Waals surface area contributed by atoms with Crippen molar-refractivity contribution in [3.63, 3.8) is 0 Å². The Morgan fingerprint density at radius 3 is 2.62 bits per heavy atom. The van der Waals surface area contributed by atoms with Gasteiger partial charge in [0.15, 0.2) is 0 Å². The number of fused-ring (bicyclic) bond motifs is 1. The Bertz CT molecular complexity index is 758. The van der Waals surface area contributed by atoms with E-state index in [1.165, 1.54) is 7.11 Å². The number of aromatic nitrogens is 2. The minimum absolute atomic E-state index is 0.185. The predicted octanol–water partition coefficient (Wildman–Crippen LogP) is 2.84. The van der Waals surface area contributed by atoms with E-state index in [0.717, 1.165) is 49.4 Å². The van der Waals surface area contributed by atoms with E-state index in [1.807, 2.05) is 16.9 Å². The number of hydrogen-bond donors (Lipinski definition) is 1. The quantitative estimate of drug-likeness (QED) is 0.873. The third-order valence-corrected chi connectivity index (χ3v) is 4.89. The van der Waals surface area contributed by atoms with Crippen LogP contribution in [0.3, 0.4) is 0 Å². The second-order valence-corrected chi connectivity index (χ2v) is 6.79. The topological polar surface area (TPSA) is 73.6 Å². The molecule has 2 aromatic rings. The summed E-state index contributed by atoms with van der Waals surface area (Å²) in [6.45, 7) is 0. The molecular formula is C18H22N2O4. The van der Waals surface area contributed by atoms with Crippen LogP contribution in [0.1, 0.15) is 54.9 Å². The lowest BCUT2D eigenvalue weighted by Gasteiger charge is -2.25. The molecule has 128 valence electrons. The Labute approximate surface area is 140 Å². The van der Waals surface area contributed by atoms with Crippen molar-refractivity contribution in [2.24, 2.45) is 0 Å². The molecule has 24 heavy (non-hydrogen) atoms. The summed E-state index contributed by atoms with van der Waals surface area (Å²) >= 11 is 0. The summed E-state index contributed by atoms with van der Waals surface area (Å²) in [5.74, 6) is 0.169. The van der Waals surface area contributed by atoms with Gasteiger partial charge in [0, 0.05) is 17.6 Å². The Hall–Kier alpha value is -2.08. The van der Waals surface area contributed by atoms with Crippen LogP contribution in [0, 0.1) is 0 Å². The van der Waals surface area contributed by atoms with Gasteiger partial charge in [0.1, 0.15) is 11.3 Å². The van der Waals surface area contributed by atoms with Crippen molar-refractivity contribution in [3.05, 3.63) is 23.9 Å². The average Bonchev–Trinajstić information content (AvgIpc) is 3.30. The first-order valence-electron chi connectivity index (χ1n) is 8.60. The molecule has 6 nitrogen and oxygen atoms in total. The smallest absolute Gasteiger partial charge is 0.341 e. The molecule has 0 atom stereocenters. The van der Waals surface area contributed by atoms with Crippen molar-refractivity contribution in [3.8, 4) is 5.75 Å². The van der Waals surface area contributed by atoms with Crippen LogP contribution in [-0.4, -0.2) is 40.2 Å². The molecule has 0 saturated heterocycles. The summed E-state index contributed by atoms with van der Waals surface area (Å²) in [6.07, 6.45) is 7.51. The van der Waals surface area contributed by atoms with E-state index in [9.17, 15) is 9.90 Å². The van der Waals surface area contributed by atoms with Crippen LogP contribution in [0.25, 0.3) is 10.9 Å². The number of carbonyl (C=O) groups is 1. The molecule has 2 aliphatic rings. The lowest BCUT2D eigenvalue weighted by Crippen LogP contribution is -2.21. The van der Waals surface area contributed by atoms with Gasteiger partial charge in [-0.2, -0.15) is 5.10 Å². The minimum atomic E-state index is -0.388. The summed E-state index contributed by atoms with van der Waals surface area (Å²) in [5, 5.41) is 15.3. The fourth-order valence-corrected chi connectivity index (χ4v) is 3.31. The highest BCUT2D eigenvalue weighted by molar-refractivity contribution is 5.97. The highest BCUT2D eigenvalue weighted by Gasteiger charge is 2.27. The number of aliphatic hydroxyl groups excluding tert-OH is 1. The molecule has 1 N–H and O–H groups in total. The van der Waals surface area contributed by atoms with Gasteiger partial charge in [-0.15, -0.1) is 0 Å². The van der Waals surface area contributed by atoms with Gasteiger partial charge < -0.3 is 14.6 Å². The third kappa shape index (κ3) is 2.98. The van der Waals surface area contributed by atoms with Crippen LogP contribution in [0.4, 0.5) is 0 Å². The van der Waals surface area contributed by atoms with E-state index in [4.69, 9.17) is 9.47 Å². The van der Waals surface area contributed by atoms with Gasteiger partial charge >= 0.3 is 5.97 Å². The third-order valence-electron chi connectivity index (χ3n) is 4.89. The zero-order valence-electron chi connectivity index (χ0n) is 13.8. The number of rotatable bonds is 4. The molecule has 0 unspecified atom stereocenters. The summed E-state index contributed by atoms with van der Waals surface area (Å²) in [7, 11) is 1.38. The maximum atomic E-state index is 12.1. The van der Waals surface area contributed by atoms with E-state index in [0.29, 0.717) is 17.4 Å². The van der Waals surface area contributed by atoms with Gasteiger partial charge in [0.25, 0.3) is 0 Å². The van der Waals surface area contributed by atoms with Crippen LogP contribution in [-0.2, 0) is 4.74 Å². The predicted molar refractivity (Wildman–Crippen MR) is 88.2 cm³/mol. The Morgan fingerprint density at radius 2 is 1.96 bits per heavy atom. The maximum Gasteiger partial charge on any atom is 0.341 e. The van der Waals surface area contributed by atoms with Crippen molar-refractivity contribution in [2.45, 2.75) is 56.8 Å². The van der Waals surface area contributed by atoms with Crippen LogP contribution < -0.4 is 4.74 Å². The molecule has 0 amide bonds. The van der Waals surface area contributed by atoms with Gasteiger partial charge in [-0.25, -0.2) is 4.79 Å². The highest BCUT2D eigenvalue weighted by atomic mass is 16.5. The molecule has 6 heteroatoms. The van der Waals surface area contributed by atoms with E-state index >= 15 is 0 Å². The van der Waals surface area contributed by atoms with Gasteiger partial charge in [0.2, 0.25) is 0 Å². The molecule has 2 fully saturated rings. The van der Waals surface area contributed by atoms with Crippen LogP contribution in [0.15, 0.2) is 18.3 Å². The molecule has 1 aromatic heterocycles. The molecule has 1 heterocycles.